The molecule has 0 saturated carbocycles. The van der Waals surface area contributed by atoms with E-state index in [-0.39, 0.29) is 11.9 Å². The number of H-pyrrole nitrogens is 1. The minimum atomic E-state index is 0.0659. The van der Waals surface area contributed by atoms with Crippen molar-refractivity contribution in [2.45, 2.75) is 45.7 Å². The molecule has 0 aliphatic carbocycles. The van der Waals surface area contributed by atoms with E-state index in [9.17, 15) is 4.79 Å². The highest BCUT2D eigenvalue weighted by Crippen LogP contribution is 2.22. The fraction of sp³-hybridized carbons (Fsp3) is 0.444. The molecule has 1 amide bonds. The number of hydrogen-bond donors (Lipinski definition) is 1. The molecule has 0 bridgehead atoms. The zero-order chi connectivity index (χ0) is 17.4. The standard InChI is InChI=1S/C18H22N6O/c1-12-9-13(2)24(21-12)11-15-5-3-4-8-23(15)18(25)14-6-7-16-17(10-14)20-22-19-16/h6-7,9-10,15H,3-5,8,11H2,1-2H3,(H,19,20,22). The maximum atomic E-state index is 13.1. The van der Waals surface area contributed by atoms with Crippen molar-refractivity contribution < 1.29 is 4.79 Å². The van der Waals surface area contributed by atoms with Gasteiger partial charge in [0.25, 0.3) is 5.91 Å². The second-order valence-corrected chi connectivity index (χ2v) is 6.78. The van der Waals surface area contributed by atoms with Gasteiger partial charge in [-0.2, -0.15) is 20.5 Å². The summed E-state index contributed by atoms with van der Waals surface area (Å²) in [6.45, 7) is 5.60. The molecular formula is C18H22N6O. The lowest BCUT2D eigenvalue weighted by Gasteiger charge is -2.36. The Bertz CT molecular complexity index is 911. The van der Waals surface area contributed by atoms with Gasteiger partial charge in [-0.1, -0.05) is 0 Å². The molecule has 1 atom stereocenters. The highest BCUT2D eigenvalue weighted by Gasteiger charge is 2.28. The van der Waals surface area contributed by atoms with Crippen molar-refractivity contribution in [1.82, 2.24) is 30.1 Å². The molecule has 7 heteroatoms. The summed E-state index contributed by atoms with van der Waals surface area (Å²) in [6, 6.07) is 7.74. The second-order valence-electron chi connectivity index (χ2n) is 6.78. The Balaban J connectivity index is 1.59. The molecule has 7 nitrogen and oxygen atoms in total. The fourth-order valence-electron chi connectivity index (χ4n) is 3.66. The van der Waals surface area contributed by atoms with E-state index in [2.05, 4.69) is 33.5 Å². The maximum absolute atomic E-state index is 13.1. The zero-order valence-electron chi connectivity index (χ0n) is 14.6. The van der Waals surface area contributed by atoms with Gasteiger partial charge >= 0.3 is 0 Å². The Kier molecular flexibility index (Phi) is 3.99. The Morgan fingerprint density at radius 2 is 2.04 bits per heavy atom. The Morgan fingerprint density at radius 1 is 1.20 bits per heavy atom. The van der Waals surface area contributed by atoms with Crippen LogP contribution in [0.25, 0.3) is 11.0 Å². The first-order chi connectivity index (χ1) is 12.1. The van der Waals surface area contributed by atoms with Gasteiger partial charge in [0.15, 0.2) is 0 Å². The van der Waals surface area contributed by atoms with E-state index in [4.69, 9.17) is 0 Å². The van der Waals surface area contributed by atoms with Crippen molar-refractivity contribution in [2.24, 2.45) is 0 Å². The summed E-state index contributed by atoms with van der Waals surface area (Å²) in [5.74, 6) is 0.0659. The van der Waals surface area contributed by atoms with Gasteiger partial charge in [-0.15, -0.1) is 0 Å². The number of piperidine rings is 1. The summed E-state index contributed by atoms with van der Waals surface area (Å²) < 4.78 is 2.02. The summed E-state index contributed by atoms with van der Waals surface area (Å²) >= 11 is 0. The fourth-order valence-corrected chi connectivity index (χ4v) is 3.66. The number of fused-ring (bicyclic) bond motifs is 1. The summed E-state index contributed by atoms with van der Waals surface area (Å²) in [4.78, 5) is 15.1. The average Bonchev–Trinajstić information content (AvgIpc) is 3.20. The van der Waals surface area contributed by atoms with E-state index in [1.54, 1.807) is 0 Å². The summed E-state index contributed by atoms with van der Waals surface area (Å²) in [7, 11) is 0. The topological polar surface area (TPSA) is 79.7 Å². The minimum Gasteiger partial charge on any atom is -0.334 e. The van der Waals surface area contributed by atoms with Gasteiger partial charge in [-0.25, -0.2) is 0 Å². The number of hydrogen-bond acceptors (Lipinski definition) is 4. The van der Waals surface area contributed by atoms with Crippen LogP contribution in [0.3, 0.4) is 0 Å². The highest BCUT2D eigenvalue weighted by atomic mass is 16.2. The van der Waals surface area contributed by atoms with E-state index in [1.807, 2.05) is 34.7 Å². The molecule has 3 heterocycles. The highest BCUT2D eigenvalue weighted by molar-refractivity contribution is 5.97. The Morgan fingerprint density at radius 3 is 2.84 bits per heavy atom. The molecule has 3 aromatic rings. The van der Waals surface area contributed by atoms with Gasteiger partial charge in [0.05, 0.1) is 18.3 Å². The third-order valence-corrected chi connectivity index (χ3v) is 4.94. The monoisotopic (exact) mass is 338 g/mol. The average molecular weight is 338 g/mol. The van der Waals surface area contributed by atoms with Crippen LogP contribution in [0.4, 0.5) is 0 Å². The molecule has 1 aliphatic heterocycles. The number of carbonyl (C=O) groups is 1. The molecule has 1 fully saturated rings. The molecule has 0 radical (unpaired) electrons. The molecule has 1 N–H and O–H groups in total. The van der Waals surface area contributed by atoms with Crippen LogP contribution >= 0.6 is 0 Å². The predicted molar refractivity (Wildman–Crippen MR) is 94.3 cm³/mol. The van der Waals surface area contributed by atoms with Crippen molar-refractivity contribution in [1.29, 1.82) is 0 Å². The van der Waals surface area contributed by atoms with E-state index < -0.39 is 0 Å². The quantitative estimate of drug-likeness (QED) is 0.795. The lowest BCUT2D eigenvalue weighted by Crippen LogP contribution is -2.46. The van der Waals surface area contributed by atoms with Gasteiger partial charge in [0.1, 0.15) is 11.0 Å². The van der Waals surface area contributed by atoms with E-state index in [0.29, 0.717) is 5.56 Å². The molecule has 1 aliphatic rings. The van der Waals surface area contributed by atoms with Crippen LogP contribution in [0, 0.1) is 13.8 Å². The molecule has 0 spiro atoms. The number of aromatic nitrogens is 5. The number of aromatic amines is 1. The number of benzene rings is 1. The zero-order valence-corrected chi connectivity index (χ0v) is 14.6. The van der Waals surface area contributed by atoms with Crippen LogP contribution in [0.1, 0.15) is 41.0 Å². The number of nitrogens with zero attached hydrogens (tertiary/aromatic N) is 5. The van der Waals surface area contributed by atoms with Crippen LogP contribution < -0.4 is 0 Å². The molecule has 1 aromatic carbocycles. The third kappa shape index (κ3) is 3.01. The lowest BCUT2D eigenvalue weighted by molar-refractivity contribution is 0.0583. The number of carbonyl (C=O) groups excluding carboxylic acids is 1. The summed E-state index contributed by atoms with van der Waals surface area (Å²) in [5, 5.41) is 15.3. The normalized spacial score (nSPS) is 18.0. The van der Waals surface area contributed by atoms with Crippen LogP contribution in [-0.4, -0.2) is 48.6 Å². The molecule has 130 valence electrons. The first-order valence-electron chi connectivity index (χ1n) is 8.74. The first-order valence-corrected chi connectivity index (χ1v) is 8.74. The van der Waals surface area contributed by atoms with Crippen molar-refractivity contribution in [2.75, 3.05) is 6.54 Å². The van der Waals surface area contributed by atoms with Crippen LogP contribution in [0.2, 0.25) is 0 Å². The molecule has 1 unspecified atom stereocenters. The Hall–Kier alpha value is -2.70. The van der Waals surface area contributed by atoms with E-state index in [0.717, 1.165) is 54.8 Å². The van der Waals surface area contributed by atoms with Gasteiger partial charge in [-0.3, -0.25) is 9.48 Å². The number of amides is 1. The van der Waals surface area contributed by atoms with Crippen LogP contribution in [0.15, 0.2) is 24.3 Å². The van der Waals surface area contributed by atoms with Crippen LogP contribution in [-0.2, 0) is 6.54 Å². The third-order valence-electron chi connectivity index (χ3n) is 4.94. The van der Waals surface area contributed by atoms with Crippen molar-refractivity contribution >= 4 is 16.9 Å². The molecule has 25 heavy (non-hydrogen) atoms. The van der Waals surface area contributed by atoms with Crippen molar-refractivity contribution in [3.05, 3.63) is 41.2 Å². The molecule has 2 aromatic heterocycles. The Labute approximate surface area is 146 Å². The first kappa shape index (κ1) is 15.8. The number of aryl methyl sites for hydroxylation is 2. The smallest absolute Gasteiger partial charge is 0.254 e. The second kappa shape index (κ2) is 6.31. The lowest BCUT2D eigenvalue weighted by atomic mass is 10.0. The predicted octanol–water partition coefficient (Wildman–Crippen LogP) is 2.47. The van der Waals surface area contributed by atoms with Gasteiger partial charge < -0.3 is 4.90 Å². The number of likely N-dealkylation sites (tertiary alicyclic amines) is 1. The maximum Gasteiger partial charge on any atom is 0.254 e. The van der Waals surface area contributed by atoms with Crippen molar-refractivity contribution in [3.8, 4) is 0 Å². The van der Waals surface area contributed by atoms with Gasteiger partial charge in [0, 0.05) is 17.8 Å². The van der Waals surface area contributed by atoms with Crippen LogP contribution in [0.5, 0.6) is 0 Å². The summed E-state index contributed by atoms with van der Waals surface area (Å²) in [6.07, 6.45) is 3.21. The van der Waals surface area contributed by atoms with Gasteiger partial charge in [0.2, 0.25) is 0 Å². The van der Waals surface area contributed by atoms with E-state index >= 15 is 0 Å². The largest absolute Gasteiger partial charge is 0.334 e. The van der Waals surface area contributed by atoms with E-state index in [1.165, 1.54) is 0 Å². The molecule has 1 saturated heterocycles. The molecule has 4 rings (SSSR count). The SMILES string of the molecule is Cc1cc(C)n(CC2CCCCN2C(=O)c2ccc3n[nH]nc3c2)n1. The number of rotatable bonds is 3. The molecular weight excluding hydrogens is 316 g/mol. The number of nitrogens with one attached hydrogen (secondary N) is 1. The minimum absolute atomic E-state index is 0.0659. The summed E-state index contributed by atoms with van der Waals surface area (Å²) in [5.41, 5.74) is 4.32. The van der Waals surface area contributed by atoms with Gasteiger partial charge in [-0.05, 0) is 57.4 Å². The van der Waals surface area contributed by atoms with Crippen molar-refractivity contribution in [3.63, 3.8) is 0 Å².